The molecule has 0 bridgehead atoms. The van der Waals surface area contributed by atoms with Gasteiger partial charge in [0.2, 0.25) is 0 Å². The van der Waals surface area contributed by atoms with Crippen LogP contribution in [0.15, 0.2) is 12.3 Å². The maximum absolute atomic E-state index is 11.1. The van der Waals surface area contributed by atoms with Crippen molar-refractivity contribution in [2.75, 3.05) is 0 Å². The fourth-order valence-electron chi connectivity index (χ4n) is 2.77. The summed E-state index contributed by atoms with van der Waals surface area (Å²) in [6, 6.07) is 1.50. The Hall–Kier alpha value is -1.91. The number of rotatable bonds is 2. The van der Waals surface area contributed by atoms with Gasteiger partial charge in [0.05, 0.1) is 11.1 Å². The Kier molecular flexibility index (Phi) is 2.36. The van der Waals surface area contributed by atoms with Gasteiger partial charge < -0.3 is 10.1 Å². The van der Waals surface area contributed by atoms with Crippen molar-refractivity contribution < 1.29 is 9.90 Å². The van der Waals surface area contributed by atoms with E-state index in [1.165, 1.54) is 25.1 Å². The third-order valence-corrected chi connectivity index (χ3v) is 3.90. The van der Waals surface area contributed by atoms with Gasteiger partial charge in [0.15, 0.2) is 5.65 Å². The molecule has 1 aliphatic rings. The molecule has 2 aromatic heterocycles. The molecule has 1 aliphatic carbocycles. The Morgan fingerprint density at radius 3 is 2.83 bits per heavy atom. The molecule has 2 aromatic rings. The van der Waals surface area contributed by atoms with Gasteiger partial charge in [-0.2, -0.15) is 0 Å². The lowest BCUT2D eigenvalue weighted by molar-refractivity contribution is 0.0698. The topological polar surface area (TPSA) is 78.9 Å². The number of imidazole rings is 1. The van der Waals surface area contributed by atoms with E-state index in [-0.39, 0.29) is 11.0 Å². The fraction of sp³-hybridized carbons (Fsp3) is 0.462. The molecular formula is C13H15N3O2. The average molecular weight is 245 g/mol. The van der Waals surface area contributed by atoms with Crippen LogP contribution in [0.1, 0.15) is 48.8 Å². The van der Waals surface area contributed by atoms with Gasteiger partial charge in [0.25, 0.3) is 0 Å². The minimum absolute atomic E-state index is 0.0382. The molecule has 5 heteroatoms. The van der Waals surface area contributed by atoms with Gasteiger partial charge >= 0.3 is 5.97 Å². The van der Waals surface area contributed by atoms with Gasteiger partial charge in [-0.05, 0) is 18.9 Å². The summed E-state index contributed by atoms with van der Waals surface area (Å²) in [5.41, 5.74) is 1.31. The lowest BCUT2D eigenvalue weighted by Crippen LogP contribution is -2.18. The van der Waals surface area contributed by atoms with Crippen molar-refractivity contribution >= 4 is 17.1 Å². The lowest BCUT2D eigenvalue weighted by Gasteiger charge is -2.19. The second-order valence-corrected chi connectivity index (χ2v) is 5.22. The van der Waals surface area contributed by atoms with Crippen molar-refractivity contribution in [2.45, 2.75) is 38.0 Å². The third kappa shape index (κ3) is 1.58. The Balaban J connectivity index is 2.16. The number of aromatic amines is 1. The molecule has 2 heterocycles. The number of pyridine rings is 1. The summed E-state index contributed by atoms with van der Waals surface area (Å²) >= 11 is 0. The maximum atomic E-state index is 11.1. The largest absolute Gasteiger partial charge is 0.478 e. The molecule has 0 atom stereocenters. The summed E-state index contributed by atoms with van der Waals surface area (Å²) in [4.78, 5) is 22.9. The van der Waals surface area contributed by atoms with Gasteiger partial charge in [0.1, 0.15) is 5.82 Å². The molecule has 5 nitrogen and oxygen atoms in total. The number of aromatic carboxylic acids is 1. The van der Waals surface area contributed by atoms with Crippen LogP contribution in [0.2, 0.25) is 0 Å². The van der Waals surface area contributed by atoms with E-state index in [1.54, 1.807) is 0 Å². The minimum Gasteiger partial charge on any atom is -0.478 e. The van der Waals surface area contributed by atoms with Crippen LogP contribution < -0.4 is 0 Å². The highest BCUT2D eigenvalue weighted by Crippen LogP contribution is 2.39. The van der Waals surface area contributed by atoms with Crippen molar-refractivity contribution in [3.8, 4) is 0 Å². The van der Waals surface area contributed by atoms with Crippen molar-refractivity contribution in [2.24, 2.45) is 0 Å². The van der Waals surface area contributed by atoms with Crippen LogP contribution in [0, 0.1) is 0 Å². The summed E-state index contributed by atoms with van der Waals surface area (Å²) in [5, 5.41) is 9.15. The van der Waals surface area contributed by atoms with Gasteiger partial charge in [-0.15, -0.1) is 0 Å². The average Bonchev–Trinajstić information content (AvgIpc) is 2.94. The van der Waals surface area contributed by atoms with Crippen molar-refractivity contribution in [1.82, 2.24) is 15.0 Å². The second-order valence-electron chi connectivity index (χ2n) is 5.22. The molecule has 0 saturated heterocycles. The van der Waals surface area contributed by atoms with Crippen LogP contribution in [-0.4, -0.2) is 26.0 Å². The van der Waals surface area contributed by atoms with Crippen molar-refractivity contribution in [3.05, 3.63) is 23.7 Å². The molecule has 0 aliphatic heterocycles. The highest BCUT2D eigenvalue weighted by atomic mass is 16.4. The summed E-state index contributed by atoms with van der Waals surface area (Å²) in [5.74, 6) is -0.0784. The molecule has 18 heavy (non-hydrogen) atoms. The molecule has 0 aromatic carbocycles. The SMILES string of the molecule is CC1(c2nc3nccc(C(=O)O)c3[nH]2)CCCC1. The van der Waals surface area contributed by atoms with Gasteiger partial charge in [-0.25, -0.2) is 14.8 Å². The zero-order valence-electron chi connectivity index (χ0n) is 10.2. The number of aromatic nitrogens is 3. The number of carboxylic acids is 1. The number of fused-ring (bicyclic) bond motifs is 1. The highest BCUT2D eigenvalue weighted by molar-refractivity contribution is 5.99. The zero-order valence-corrected chi connectivity index (χ0v) is 10.2. The number of H-pyrrole nitrogens is 1. The molecule has 94 valence electrons. The minimum atomic E-state index is -0.950. The van der Waals surface area contributed by atoms with Crippen LogP contribution in [-0.2, 0) is 5.41 Å². The first-order valence-electron chi connectivity index (χ1n) is 6.19. The molecule has 0 amide bonds. The van der Waals surface area contributed by atoms with E-state index in [4.69, 9.17) is 5.11 Å². The summed E-state index contributed by atoms with van der Waals surface area (Å²) < 4.78 is 0. The van der Waals surface area contributed by atoms with Crippen LogP contribution >= 0.6 is 0 Å². The molecule has 0 spiro atoms. The Labute approximate surface area is 104 Å². The number of carboxylic acid groups (broad SMARTS) is 1. The lowest BCUT2D eigenvalue weighted by atomic mass is 9.88. The van der Waals surface area contributed by atoms with E-state index in [1.807, 2.05) is 0 Å². The smallest absolute Gasteiger partial charge is 0.338 e. The molecule has 0 radical (unpaired) electrons. The van der Waals surface area contributed by atoms with Crippen LogP contribution in [0.4, 0.5) is 0 Å². The standard InChI is InChI=1S/C13H15N3O2/c1-13(5-2-3-6-13)12-15-9-8(11(17)18)4-7-14-10(9)16-12/h4,7H,2-3,5-6H2,1H3,(H,17,18)(H,14,15,16). The Morgan fingerprint density at radius 2 is 2.17 bits per heavy atom. The van der Waals surface area contributed by atoms with Gasteiger partial charge in [-0.1, -0.05) is 19.8 Å². The monoisotopic (exact) mass is 245 g/mol. The first kappa shape index (κ1) is 11.2. The first-order chi connectivity index (χ1) is 8.60. The fourth-order valence-corrected chi connectivity index (χ4v) is 2.77. The molecule has 3 rings (SSSR count). The normalized spacial score (nSPS) is 18.3. The second kappa shape index (κ2) is 3.80. The number of nitrogens with zero attached hydrogens (tertiary/aromatic N) is 2. The predicted molar refractivity (Wildman–Crippen MR) is 66.7 cm³/mol. The Morgan fingerprint density at radius 1 is 1.44 bits per heavy atom. The van der Waals surface area contributed by atoms with E-state index in [2.05, 4.69) is 21.9 Å². The molecule has 1 fully saturated rings. The number of carbonyl (C=O) groups is 1. The predicted octanol–water partition coefficient (Wildman–Crippen LogP) is 2.49. The van der Waals surface area contributed by atoms with Crippen LogP contribution in [0.5, 0.6) is 0 Å². The van der Waals surface area contributed by atoms with Crippen molar-refractivity contribution in [1.29, 1.82) is 0 Å². The van der Waals surface area contributed by atoms with Gasteiger partial charge in [0, 0.05) is 11.6 Å². The van der Waals surface area contributed by atoms with Crippen LogP contribution in [0.25, 0.3) is 11.2 Å². The van der Waals surface area contributed by atoms with E-state index < -0.39 is 5.97 Å². The van der Waals surface area contributed by atoms with E-state index in [0.29, 0.717) is 11.2 Å². The summed E-state index contributed by atoms with van der Waals surface area (Å²) in [6.07, 6.45) is 6.08. The first-order valence-corrected chi connectivity index (χ1v) is 6.19. The molecular weight excluding hydrogens is 230 g/mol. The van der Waals surface area contributed by atoms with Crippen LogP contribution in [0.3, 0.4) is 0 Å². The highest BCUT2D eigenvalue weighted by Gasteiger charge is 2.34. The quantitative estimate of drug-likeness (QED) is 0.851. The summed E-state index contributed by atoms with van der Waals surface area (Å²) in [6.45, 7) is 2.18. The molecule has 2 N–H and O–H groups in total. The summed E-state index contributed by atoms with van der Waals surface area (Å²) in [7, 11) is 0. The van der Waals surface area contributed by atoms with E-state index >= 15 is 0 Å². The zero-order chi connectivity index (χ0) is 12.8. The van der Waals surface area contributed by atoms with Gasteiger partial charge in [-0.3, -0.25) is 0 Å². The Bertz CT molecular complexity index is 612. The van der Waals surface area contributed by atoms with E-state index in [9.17, 15) is 4.79 Å². The third-order valence-electron chi connectivity index (χ3n) is 3.90. The molecule has 1 saturated carbocycles. The van der Waals surface area contributed by atoms with Crippen molar-refractivity contribution in [3.63, 3.8) is 0 Å². The number of hydrogen-bond acceptors (Lipinski definition) is 3. The molecule has 0 unspecified atom stereocenters. The maximum Gasteiger partial charge on any atom is 0.338 e. The van der Waals surface area contributed by atoms with E-state index in [0.717, 1.165) is 18.7 Å². The number of nitrogens with one attached hydrogen (secondary N) is 1. The number of hydrogen-bond donors (Lipinski definition) is 2.